The fraction of sp³-hybridized carbons (Fsp3) is 0.167. The Kier molecular flexibility index (Phi) is 3.44. The third kappa shape index (κ3) is 3.07. The smallest absolute Gasteiger partial charge is 0.347 e. The monoisotopic (exact) mass is 249 g/mol. The first-order valence-electron chi connectivity index (χ1n) is 5.21. The van der Waals surface area contributed by atoms with Gasteiger partial charge in [-0.15, -0.1) is 0 Å². The first-order valence-corrected chi connectivity index (χ1v) is 5.59. The largest absolute Gasteiger partial charge is 0.399 e. The number of aromatic nitrogens is 2. The molecule has 1 heterocycles. The second-order valence-electron chi connectivity index (χ2n) is 3.74. The number of anilines is 1. The molecular formula is C12H12ClN3O. The summed E-state index contributed by atoms with van der Waals surface area (Å²) < 4.78 is 1.50. The Morgan fingerprint density at radius 2 is 2.00 bits per heavy atom. The number of nitrogen functional groups attached to an aromatic ring is 1. The van der Waals surface area contributed by atoms with Crippen molar-refractivity contribution in [3.63, 3.8) is 0 Å². The maximum Gasteiger partial charge on any atom is 0.347 e. The third-order valence-electron chi connectivity index (χ3n) is 2.44. The molecule has 0 aliphatic rings. The van der Waals surface area contributed by atoms with Gasteiger partial charge in [-0.1, -0.05) is 23.7 Å². The summed E-state index contributed by atoms with van der Waals surface area (Å²) in [5.41, 5.74) is 7.16. The van der Waals surface area contributed by atoms with Crippen molar-refractivity contribution >= 4 is 17.3 Å². The third-order valence-corrected chi connectivity index (χ3v) is 2.64. The van der Waals surface area contributed by atoms with E-state index in [0.717, 1.165) is 17.7 Å². The van der Waals surface area contributed by atoms with E-state index in [2.05, 4.69) is 4.98 Å². The number of benzene rings is 1. The number of nitrogens with zero attached hydrogens (tertiary/aromatic N) is 2. The summed E-state index contributed by atoms with van der Waals surface area (Å²) in [4.78, 5) is 15.1. The van der Waals surface area contributed by atoms with Crippen LogP contribution in [0.3, 0.4) is 0 Å². The summed E-state index contributed by atoms with van der Waals surface area (Å²) in [5.74, 6) is 0. The van der Waals surface area contributed by atoms with E-state index >= 15 is 0 Å². The van der Waals surface area contributed by atoms with Crippen LogP contribution in [-0.4, -0.2) is 9.55 Å². The van der Waals surface area contributed by atoms with E-state index in [1.807, 2.05) is 24.3 Å². The van der Waals surface area contributed by atoms with E-state index < -0.39 is 0 Å². The van der Waals surface area contributed by atoms with Gasteiger partial charge >= 0.3 is 5.69 Å². The quantitative estimate of drug-likeness (QED) is 0.843. The van der Waals surface area contributed by atoms with Crippen LogP contribution in [0.4, 0.5) is 5.69 Å². The predicted molar refractivity (Wildman–Crippen MR) is 68.1 cm³/mol. The molecule has 0 spiro atoms. The molecule has 0 saturated heterocycles. The molecule has 0 amide bonds. The van der Waals surface area contributed by atoms with Crippen LogP contribution in [0, 0.1) is 0 Å². The molecular weight excluding hydrogens is 238 g/mol. The first kappa shape index (κ1) is 11.7. The second kappa shape index (κ2) is 5.01. The minimum absolute atomic E-state index is 0.287. The summed E-state index contributed by atoms with van der Waals surface area (Å²) in [6, 6.07) is 7.57. The molecule has 0 aliphatic heterocycles. The normalized spacial score (nSPS) is 10.4. The van der Waals surface area contributed by atoms with Crippen molar-refractivity contribution in [2.45, 2.75) is 13.0 Å². The van der Waals surface area contributed by atoms with E-state index in [-0.39, 0.29) is 5.69 Å². The van der Waals surface area contributed by atoms with Crippen molar-refractivity contribution < 1.29 is 0 Å². The van der Waals surface area contributed by atoms with Gasteiger partial charge in [-0.05, 0) is 24.1 Å². The molecule has 17 heavy (non-hydrogen) atoms. The summed E-state index contributed by atoms with van der Waals surface area (Å²) in [6.45, 7) is 0.552. The zero-order chi connectivity index (χ0) is 12.3. The maximum absolute atomic E-state index is 11.4. The molecule has 0 unspecified atom stereocenters. The molecule has 2 N–H and O–H groups in total. The van der Waals surface area contributed by atoms with Crippen LogP contribution in [0.25, 0.3) is 0 Å². The summed E-state index contributed by atoms with van der Waals surface area (Å²) in [5, 5.41) is 0.460. The van der Waals surface area contributed by atoms with Gasteiger partial charge in [0, 0.05) is 18.4 Å². The van der Waals surface area contributed by atoms with Gasteiger partial charge in [-0.25, -0.2) is 9.78 Å². The highest BCUT2D eigenvalue weighted by molar-refractivity contribution is 6.30. The lowest BCUT2D eigenvalue weighted by Gasteiger charge is -2.05. The molecule has 0 bridgehead atoms. The fourth-order valence-electron chi connectivity index (χ4n) is 1.52. The van der Waals surface area contributed by atoms with Gasteiger partial charge < -0.3 is 5.73 Å². The second-order valence-corrected chi connectivity index (χ2v) is 4.18. The molecule has 2 aromatic rings. The Morgan fingerprint density at radius 3 is 2.71 bits per heavy atom. The van der Waals surface area contributed by atoms with Gasteiger partial charge in [-0.2, -0.15) is 0 Å². The average Bonchev–Trinajstić information content (AvgIpc) is 2.32. The average molecular weight is 250 g/mol. The van der Waals surface area contributed by atoms with E-state index in [9.17, 15) is 4.79 Å². The van der Waals surface area contributed by atoms with E-state index in [4.69, 9.17) is 17.3 Å². The van der Waals surface area contributed by atoms with Gasteiger partial charge in [0.25, 0.3) is 0 Å². The lowest BCUT2D eigenvalue weighted by molar-refractivity contribution is 0.649. The minimum Gasteiger partial charge on any atom is -0.399 e. The van der Waals surface area contributed by atoms with Gasteiger partial charge in [0.2, 0.25) is 0 Å². The Labute approximate surface area is 104 Å². The highest BCUT2D eigenvalue weighted by Crippen LogP contribution is 2.07. The Hall–Kier alpha value is -1.81. The van der Waals surface area contributed by atoms with Gasteiger partial charge in [-0.3, -0.25) is 4.57 Å². The van der Waals surface area contributed by atoms with Gasteiger partial charge in [0.15, 0.2) is 0 Å². The molecule has 0 aliphatic carbocycles. The Bertz CT molecular complexity index is 563. The summed E-state index contributed by atoms with van der Waals surface area (Å²) in [7, 11) is 0. The fourth-order valence-corrected chi connectivity index (χ4v) is 1.69. The highest BCUT2D eigenvalue weighted by Gasteiger charge is 1.99. The van der Waals surface area contributed by atoms with Crippen LogP contribution in [0.15, 0.2) is 41.5 Å². The van der Waals surface area contributed by atoms with Crippen molar-refractivity contribution in [3.8, 4) is 0 Å². The van der Waals surface area contributed by atoms with Gasteiger partial charge in [0.1, 0.15) is 0 Å². The molecule has 1 aromatic heterocycles. The SMILES string of the molecule is Nc1ccc(CCn2cc(Cl)cnc2=O)cc1. The Morgan fingerprint density at radius 1 is 1.29 bits per heavy atom. The van der Waals surface area contributed by atoms with Crippen molar-refractivity contribution in [3.05, 3.63) is 57.7 Å². The number of nitrogens with two attached hydrogens (primary N) is 1. The topological polar surface area (TPSA) is 60.9 Å². The lowest BCUT2D eigenvalue weighted by atomic mass is 10.1. The van der Waals surface area contributed by atoms with E-state index in [1.165, 1.54) is 10.8 Å². The van der Waals surface area contributed by atoms with E-state index in [0.29, 0.717) is 11.6 Å². The number of rotatable bonds is 3. The summed E-state index contributed by atoms with van der Waals surface area (Å²) >= 11 is 5.78. The molecule has 88 valence electrons. The van der Waals surface area contributed by atoms with Crippen molar-refractivity contribution in [1.29, 1.82) is 0 Å². The molecule has 2 rings (SSSR count). The van der Waals surface area contributed by atoms with Crippen LogP contribution in [0.1, 0.15) is 5.56 Å². The molecule has 0 fully saturated rings. The predicted octanol–water partition coefficient (Wildman–Crippen LogP) is 1.72. The molecule has 5 heteroatoms. The molecule has 0 radical (unpaired) electrons. The maximum atomic E-state index is 11.4. The zero-order valence-corrected chi connectivity index (χ0v) is 9.89. The molecule has 1 aromatic carbocycles. The van der Waals surface area contributed by atoms with Crippen LogP contribution in [-0.2, 0) is 13.0 Å². The zero-order valence-electron chi connectivity index (χ0n) is 9.14. The van der Waals surface area contributed by atoms with Crippen LogP contribution in [0.2, 0.25) is 5.02 Å². The highest BCUT2D eigenvalue weighted by atomic mass is 35.5. The van der Waals surface area contributed by atoms with Crippen molar-refractivity contribution in [2.24, 2.45) is 0 Å². The van der Waals surface area contributed by atoms with Crippen LogP contribution >= 0.6 is 11.6 Å². The van der Waals surface area contributed by atoms with Gasteiger partial charge in [0.05, 0.1) is 11.2 Å². The number of halogens is 1. The van der Waals surface area contributed by atoms with Crippen LogP contribution < -0.4 is 11.4 Å². The van der Waals surface area contributed by atoms with Crippen LogP contribution in [0.5, 0.6) is 0 Å². The number of hydrogen-bond acceptors (Lipinski definition) is 3. The molecule has 0 saturated carbocycles. The number of aryl methyl sites for hydroxylation is 2. The van der Waals surface area contributed by atoms with E-state index in [1.54, 1.807) is 6.20 Å². The van der Waals surface area contributed by atoms with Crippen molar-refractivity contribution in [1.82, 2.24) is 9.55 Å². The lowest BCUT2D eigenvalue weighted by Crippen LogP contribution is -2.22. The molecule has 4 nitrogen and oxygen atoms in total. The standard InChI is InChI=1S/C12H12ClN3O/c13-10-7-15-12(17)16(8-10)6-5-9-1-3-11(14)4-2-9/h1-4,7-8H,5-6,14H2. The molecule has 0 atom stereocenters. The Balaban J connectivity index is 2.09. The number of hydrogen-bond donors (Lipinski definition) is 1. The van der Waals surface area contributed by atoms with Crippen molar-refractivity contribution in [2.75, 3.05) is 5.73 Å². The first-order chi connectivity index (χ1) is 8.15. The summed E-state index contributed by atoms with van der Waals surface area (Å²) in [6.07, 6.45) is 3.68. The minimum atomic E-state index is -0.287.